The van der Waals surface area contributed by atoms with E-state index in [1.807, 2.05) is 30.3 Å². The van der Waals surface area contributed by atoms with Crippen molar-refractivity contribution >= 4 is 17.6 Å². The molecule has 0 radical (unpaired) electrons. The highest BCUT2D eigenvalue weighted by Crippen LogP contribution is 2.11. The standard InChI is InChI=1S/C15H16ClN3O2/c16-12-6-7-13(17-8-12)9-18-15(21)19-14(10-20)11-4-2-1-3-5-11/h1-8,14,20H,9-10H2,(H2,18,19,21)/t14-/m1/s1. The number of aliphatic hydroxyl groups is 1. The second-order valence-corrected chi connectivity index (χ2v) is 4.88. The molecule has 1 heterocycles. The number of hydrogen-bond donors (Lipinski definition) is 3. The van der Waals surface area contributed by atoms with Crippen LogP contribution in [0.15, 0.2) is 48.7 Å². The molecule has 0 fully saturated rings. The first-order chi connectivity index (χ1) is 10.2. The summed E-state index contributed by atoms with van der Waals surface area (Å²) in [4.78, 5) is 15.9. The number of halogens is 1. The zero-order chi connectivity index (χ0) is 15.1. The molecule has 0 saturated carbocycles. The average molecular weight is 306 g/mol. The highest BCUT2D eigenvalue weighted by molar-refractivity contribution is 6.30. The van der Waals surface area contributed by atoms with E-state index in [2.05, 4.69) is 15.6 Å². The van der Waals surface area contributed by atoms with Gasteiger partial charge in [0.05, 0.1) is 29.9 Å². The molecule has 1 atom stereocenters. The largest absolute Gasteiger partial charge is 0.394 e. The minimum atomic E-state index is -0.440. The van der Waals surface area contributed by atoms with Crippen LogP contribution in [0.2, 0.25) is 5.02 Å². The zero-order valence-electron chi connectivity index (χ0n) is 11.3. The molecule has 0 bridgehead atoms. The molecule has 5 nitrogen and oxygen atoms in total. The fourth-order valence-electron chi connectivity index (χ4n) is 1.81. The third kappa shape index (κ3) is 4.73. The molecule has 110 valence electrons. The van der Waals surface area contributed by atoms with Gasteiger partial charge in [-0.25, -0.2) is 4.79 Å². The van der Waals surface area contributed by atoms with E-state index in [0.29, 0.717) is 10.7 Å². The van der Waals surface area contributed by atoms with E-state index in [1.54, 1.807) is 12.1 Å². The first kappa shape index (κ1) is 15.3. The van der Waals surface area contributed by atoms with Crippen LogP contribution in [-0.4, -0.2) is 22.7 Å². The van der Waals surface area contributed by atoms with Crippen molar-refractivity contribution in [3.05, 3.63) is 64.9 Å². The van der Waals surface area contributed by atoms with Crippen molar-refractivity contribution in [3.63, 3.8) is 0 Å². The monoisotopic (exact) mass is 305 g/mol. The number of pyridine rings is 1. The lowest BCUT2D eigenvalue weighted by molar-refractivity contribution is 0.216. The number of carbonyl (C=O) groups excluding carboxylic acids is 1. The van der Waals surface area contributed by atoms with Crippen molar-refractivity contribution < 1.29 is 9.90 Å². The number of urea groups is 1. The van der Waals surface area contributed by atoms with Crippen molar-refractivity contribution in [2.45, 2.75) is 12.6 Å². The van der Waals surface area contributed by atoms with Crippen LogP contribution < -0.4 is 10.6 Å². The van der Waals surface area contributed by atoms with Gasteiger partial charge in [0.15, 0.2) is 0 Å². The number of amides is 2. The summed E-state index contributed by atoms with van der Waals surface area (Å²) < 4.78 is 0. The molecule has 2 rings (SSSR count). The summed E-state index contributed by atoms with van der Waals surface area (Å²) in [5.41, 5.74) is 1.55. The van der Waals surface area contributed by atoms with Gasteiger partial charge in [-0.3, -0.25) is 4.98 Å². The SMILES string of the molecule is O=C(NCc1ccc(Cl)cn1)N[C@H](CO)c1ccccc1. The Labute approximate surface area is 128 Å². The fourth-order valence-corrected chi connectivity index (χ4v) is 1.92. The van der Waals surface area contributed by atoms with E-state index >= 15 is 0 Å². The average Bonchev–Trinajstić information content (AvgIpc) is 2.53. The molecule has 0 aliphatic carbocycles. The molecule has 0 aliphatic rings. The van der Waals surface area contributed by atoms with Gasteiger partial charge in [-0.1, -0.05) is 41.9 Å². The number of carbonyl (C=O) groups is 1. The quantitative estimate of drug-likeness (QED) is 0.793. The van der Waals surface area contributed by atoms with E-state index in [0.717, 1.165) is 5.56 Å². The third-order valence-corrected chi connectivity index (χ3v) is 3.13. The number of aromatic nitrogens is 1. The van der Waals surface area contributed by atoms with Gasteiger partial charge in [0.2, 0.25) is 0 Å². The van der Waals surface area contributed by atoms with Crippen LogP contribution in [0.4, 0.5) is 4.79 Å². The summed E-state index contributed by atoms with van der Waals surface area (Å²) >= 11 is 5.74. The van der Waals surface area contributed by atoms with Gasteiger partial charge in [-0.15, -0.1) is 0 Å². The Bertz CT molecular complexity index is 575. The lowest BCUT2D eigenvalue weighted by atomic mass is 10.1. The summed E-state index contributed by atoms with van der Waals surface area (Å²) in [5, 5.41) is 15.3. The molecular weight excluding hydrogens is 290 g/mol. The lowest BCUT2D eigenvalue weighted by Gasteiger charge is -2.17. The van der Waals surface area contributed by atoms with Gasteiger partial charge in [0, 0.05) is 6.20 Å². The predicted molar refractivity (Wildman–Crippen MR) is 80.9 cm³/mol. The molecule has 1 aromatic heterocycles. The molecule has 2 amide bonds. The van der Waals surface area contributed by atoms with Crippen molar-refractivity contribution in [2.75, 3.05) is 6.61 Å². The summed E-state index contributed by atoms with van der Waals surface area (Å²) in [6, 6.07) is 11.9. The Morgan fingerprint density at radius 1 is 1.24 bits per heavy atom. The Morgan fingerprint density at radius 2 is 2.00 bits per heavy atom. The Morgan fingerprint density at radius 3 is 2.62 bits per heavy atom. The number of rotatable bonds is 5. The molecule has 2 aromatic rings. The van der Waals surface area contributed by atoms with Crippen molar-refractivity contribution in [3.8, 4) is 0 Å². The predicted octanol–water partition coefficient (Wildman–Crippen LogP) is 2.27. The van der Waals surface area contributed by atoms with Gasteiger partial charge < -0.3 is 15.7 Å². The summed E-state index contributed by atoms with van der Waals surface area (Å²) in [7, 11) is 0. The van der Waals surface area contributed by atoms with Gasteiger partial charge in [-0.2, -0.15) is 0 Å². The zero-order valence-corrected chi connectivity index (χ0v) is 12.0. The molecule has 1 aromatic carbocycles. The third-order valence-electron chi connectivity index (χ3n) is 2.91. The van der Waals surface area contributed by atoms with Crippen molar-refractivity contribution in [1.82, 2.24) is 15.6 Å². The molecule has 0 unspecified atom stereocenters. The van der Waals surface area contributed by atoms with E-state index in [9.17, 15) is 9.90 Å². The van der Waals surface area contributed by atoms with Crippen LogP contribution in [-0.2, 0) is 6.54 Å². The number of nitrogens with zero attached hydrogens (tertiary/aromatic N) is 1. The van der Waals surface area contributed by atoms with Crippen LogP contribution in [0, 0.1) is 0 Å². The second kappa shape index (κ2) is 7.61. The lowest BCUT2D eigenvalue weighted by Crippen LogP contribution is -2.39. The maximum Gasteiger partial charge on any atom is 0.315 e. The number of aliphatic hydroxyl groups excluding tert-OH is 1. The minimum absolute atomic E-state index is 0.170. The summed E-state index contributed by atoms with van der Waals surface area (Å²) in [5.74, 6) is 0. The number of benzene rings is 1. The summed E-state index contributed by atoms with van der Waals surface area (Å²) in [6.07, 6.45) is 1.52. The van der Waals surface area contributed by atoms with Gasteiger partial charge in [-0.05, 0) is 17.7 Å². The Balaban J connectivity index is 1.87. The normalized spacial score (nSPS) is 11.7. The number of hydrogen-bond acceptors (Lipinski definition) is 3. The van der Waals surface area contributed by atoms with Crippen molar-refractivity contribution in [1.29, 1.82) is 0 Å². The van der Waals surface area contributed by atoms with Gasteiger partial charge in [0.1, 0.15) is 0 Å². The van der Waals surface area contributed by atoms with Gasteiger partial charge in [0.25, 0.3) is 0 Å². The molecule has 0 saturated heterocycles. The van der Waals surface area contributed by atoms with Crippen LogP contribution in [0.3, 0.4) is 0 Å². The first-order valence-electron chi connectivity index (χ1n) is 6.49. The van der Waals surface area contributed by atoms with Gasteiger partial charge >= 0.3 is 6.03 Å². The highest BCUT2D eigenvalue weighted by Gasteiger charge is 2.12. The van der Waals surface area contributed by atoms with E-state index in [1.165, 1.54) is 6.20 Å². The van der Waals surface area contributed by atoms with E-state index in [4.69, 9.17) is 11.6 Å². The molecule has 6 heteroatoms. The maximum atomic E-state index is 11.8. The summed E-state index contributed by atoms with van der Waals surface area (Å²) in [6.45, 7) is 0.118. The second-order valence-electron chi connectivity index (χ2n) is 4.44. The van der Waals surface area contributed by atoms with E-state index in [-0.39, 0.29) is 19.2 Å². The number of nitrogens with one attached hydrogen (secondary N) is 2. The molecule has 3 N–H and O–H groups in total. The smallest absolute Gasteiger partial charge is 0.315 e. The molecular formula is C15H16ClN3O2. The minimum Gasteiger partial charge on any atom is -0.394 e. The van der Waals surface area contributed by atoms with E-state index < -0.39 is 6.04 Å². The first-order valence-corrected chi connectivity index (χ1v) is 6.87. The topological polar surface area (TPSA) is 74.2 Å². The molecule has 21 heavy (non-hydrogen) atoms. The van der Waals surface area contributed by atoms with Crippen molar-refractivity contribution in [2.24, 2.45) is 0 Å². The molecule has 0 aliphatic heterocycles. The molecule has 0 spiro atoms. The Hall–Kier alpha value is -2.11. The maximum absolute atomic E-state index is 11.8. The van der Waals surface area contributed by atoms with Crippen LogP contribution in [0.5, 0.6) is 0 Å². The van der Waals surface area contributed by atoms with Crippen LogP contribution >= 0.6 is 11.6 Å². The fraction of sp³-hybridized carbons (Fsp3) is 0.200. The highest BCUT2D eigenvalue weighted by atomic mass is 35.5. The van der Waals surface area contributed by atoms with Crippen LogP contribution in [0.1, 0.15) is 17.3 Å². The Kier molecular flexibility index (Phi) is 5.54. The van der Waals surface area contributed by atoms with Crippen LogP contribution in [0.25, 0.3) is 0 Å².